The molecule has 21 heavy (non-hydrogen) atoms. The summed E-state index contributed by atoms with van der Waals surface area (Å²) in [7, 11) is 0. The summed E-state index contributed by atoms with van der Waals surface area (Å²) in [5.41, 5.74) is 0.659. The first-order valence-electron chi connectivity index (χ1n) is 7.59. The normalized spacial score (nSPS) is 23.2. The summed E-state index contributed by atoms with van der Waals surface area (Å²) in [6, 6.07) is 9.56. The van der Waals surface area contributed by atoms with Gasteiger partial charge in [-0.3, -0.25) is 9.59 Å². The Bertz CT molecular complexity index is 517. The van der Waals surface area contributed by atoms with Crippen molar-refractivity contribution in [3.05, 3.63) is 35.9 Å². The lowest BCUT2D eigenvalue weighted by Crippen LogP contribution is -2.21. The van der Waals surface area contributed by atoms with Gasteiger partial charge in [0.05, 0.1) is 11.8 Å². The molecule has 3 rings (SSSR count). The number of hydrogen-bond acceptors (Lipinski definition) is 4. The van der Waals surface area contributed by atoms with E-state index in [1.54, 1.807) is 0 Å². The highest BCUT2D eigenvalue weighted by Gasteiger charge is 2.50. The summed E-state index contributed by atoms with van der Waals surface area (Å²) in [4.78, 5) is 23.9. The van der Waals surface area contributed by atoms with Crippen molar-refractivity contribution in [2.45, 2.75) is 51.2 Å². The molecule has 0 bridgehead atoms. The predicted octanol–water partition coefficient (Wildman–Crippen LogP) is 3.00. The van der Waals surface area contributed by atoms with Gasteiger partial charge in [0.25, 0.3) is 0 Å². The number of benzene rings is 1. The van der Waals surface area contributed by atoms with Crippen LogP contribution in [0.1, 0.15) is 44.1 Å². The summed E-state index contributed by atoms with van der Waals surface area (Å²) >= 11 is 0. The summed E-state index contributed by atoms with van der Waals surface area (Å²) in [6.45, 7) is 0.269. The Morgan fingerprint density at radius 3 is 2.67 bits per heavy atom. The lowest BCUT2D eigenvalue weighted by molar-refractivity contribution is -0.152. The number of cyclic esters (lactones) is 1. The third-order valence-corrected chi connectivity index (χ3v) is 4.52. The van der Waals surface area contributed by atoms with Gasteiger partial charge in [-0.05, 0) is 18.4 Å². The third kappa shape index (κ3) is 3.09. The molecule has 0 radical (unpaired) electrons. The number of rotatable bonds is 4. The number of hydrogen-bond donors (Lipinski definition) is 0. The van der Waals surface area contributed by atoms with Crippen LogP contribution >= 0.6 is 0 Å². The molecule has 1 aromatic carbocycles. The first-order valence-corrected chi connectivity index (χ1v) is 7.59. The van der Waals surface area contributed by atoms with Gasteiger partial charge < -0.3 is 9.47 Å². The van der Waals surface area contributed by atoms with E-state index in [1.807, 2.05) is 30.3 Å². The van der Waals surface area contributed by atoms with Gasteiger partial charge in [-0.1, -0.05) is 43.2 Å². The first-order chi connectivity index (χ1) is 10.2. The topological polar surface area (TPSA) is 52.6 Å². The number of esters is 2. The maximum atomic E-state index is 12.0. The van der Waals surface area contributed by atoms with Crippen LogP contribution in [0.4, 0.5) is 0 Å². The highest BCUT2D eigenvalue weighted by atomic mass is 16.6. The molecule has 4 nitrogen and oxygen atoms in total. The zero-order valence-corrected chi connectivity index (χ0v) is 12.0. The van der Waals surface area contributed by atoms with E-state index in [2.05, 4.69) is 0 Å². The molecule has 1 saturated carbocycles. The molecule has 1 saturated heterocycles. The molecule has 1 unspecified atom stereocenters. The molecule has 1 atom stereocenters. The van der Waals surface area contributed by atoms with E-state index in [-0.39, 0.29) is 36.5 Å². The maximum Gasteiger partial charge on any atom is 0.312 e. The predicted molar refractivity (Wildman–Crippen MR) is 76.3 cm³/mol. The second-order valence-corrected chi connectivity index (χ2v) is 6.07. The Hall–Kier alpha value is -1.84. The van der Waals surface area contributed by atoms with E-state index in [1.165, 1.54) is 0 Å². The lowest BCUT2D eigenvalue weighted by atomic mass is 9.83. The summed E-state index contributed by atoms with van der Waals surface area (Å²) in [5.74, 6) is -0.410. The van der Waals surface area contributed by atoms with Crippen molar-refractivity contribution in [1.29, 1.82) is 0 Å². The van der Waals surface area contributed by atoms with Gasteiger partial charge in [0, 0.05) is 6.42 Å². The first kappa shape index (κ1) is 14.1. The Morgan fingerprint density at radius 1 is 1.24 bits per heavy atom. The van der Waals surface area contributed by atoms with Gasteiger partial charge in [-0.25, -0.2) is 0 Å². The number of carbonyl (C=O) groups is 2. The van der Waals surface area contributed by atoms with Gasteiger partial charge in [0.2, 0.25) is 0 Å². The average molecular weight is 288 g/mol. The van der Waals surface area contributed by atoms with E-state index in [4.69, 9.17) is 9.47 Å². The Kier molecular flexibility index (Phi) is 3.95. The molecule has 4 heteroatoms. The minimum Gasteiger partial charge on any atom is -0.461 e. The largest absolute Gasteiger partial charge is 0.461 e. The van der Waals surface area contributed by atoms with Crippen molar-refractivity contribution in [3.8, 4) is 0 Å². The van der Waals surface area contributed by atoms with Crippen LogP contribution in [0.15, 0.2) is 30.3 Å². The van der Waals surface area contributed by atoms with Crippen LogP contribution in [0.3, 0.4) is 0 Å². The van der Waals surface area contributed by atoms with E-state index in [9.17, 15) is 9.59 Å². The van der Waals surface area contributed by atoms with Crippen LogP contribution in [0, 0.1) is 5.41 Å². The molecule has 1 heterocycles. The Balaban J connectivity index is 1.48. The molecular weight excluding hydrogens is 268 g/mol. The van der Waals surface area contributed by atoms with E-state index < -0.39 is 0 Å². The van der Waals surface area contributed by atoms with Crippen LogP contribution in [0.5, 0.6) is 0 Å². The molecule has 0 N–H and O–H groups in total. The van der Waals surface area contributed by atoms with Crippen LogP contribution in [-0.4, -0.2) is 18.0 Å². The quantitative estimate of drug-likeness (QED) is 0.799. The fraction of sp³-hybridized carbons (Fsp3) is 0.529. The molecule has 0 aromatic heterocycles. The van der Waals surface area contributed by atoms with Crippen LogP contribution < -0.4 is 0 Å². The molecule has 0 amide bonds. The van der Waals surface area contributed by atoms with Crippen molar-refractivity contribution in [2.24, 2.45) is 5.41 Å². The van der Waals surface area contributed by atoms with E-state index in [0.29, 0.717) is 6.42 Å². The van der Waals surface area contributed by atoms with Crippen molar-refractivity contribution < 1.29 is 19.1 Å². The fourth-order valence-corrected chi connectivity index (χ4v) is 3.39. The molecule has 112 valence electrons. The molecule has 2 fully saturated rings. The van der Waals surface area contributed by atoms with E-state index in [0.717, 1.165) is 31.2 Å². The van der Waals surface area contributed by atoms with Gasteiger partial charge in [0.15, 0.2) is 0 Å². The minimum atomic E-state index is -0.307. The number of carbonyl (C=O) groups excluding carboxylic acids is 2. The molecule has 1 spiro atoms. The third-order valence-electron chi connectivity index (χ3n) is 4.52. The van der Waals surface area contributed by atoms with Gasteiger partial charge >= 0.3 is 11.9 Å². The molecule has 1 aromatic rings. The van der Waals surface area contributed by atoms with Crippen LogP contribution in [0.2, 0.25) is 0 Å². The van der Waals surface area contributed by atoms with Crippen molar-refractivity contribution in [1.82, 2.24) is 0 Å². The van der Waals surface area contributed by atoms with Gasteiger partial charge in [-0.15, -0.1) is 0 Å². The second kappa shape index (κ2) is 5.88. The molecule has 2 aliphatic rings. The monoisotopic (exact) mass is 288 g/mol. The fourth-order valence-electron chi connectivity index (χ4n) is 3.39. The maximum absolute atomic E-state index is 12.0. The van der Waals surface area contributed by atoms with Crippen LogP contribution in [0.25, 0.3) is 0 Å². The SMILES string of the molecule is O=C(CC1CC2(CCCC2)C(=O)O1)OCc1ccccc1. The highest BCUT2D eigenvalue weighted by molar-refractivity contribution is 5.80. The smallest absolute Gasteiger partial charge is 0.312 e. The summed E-state index contributed by atoms with van der Waals surface area (Å²) in [6.07, 6.45) is 4.51. The van der Waals surface area contributed by atoms with Gasteiger partial charge in [0.1, 0.15) is 12.7 Å². The number of ether oxygens (including phenoxy) is 2. The van der Waals surface area contributed by atoms with Crippen molar-refractivity contribution in [2.75, 3.05) is 0 Å². The van der Waals surface area contributed by atoms with Crippen LogP contribution in [-0.2, 0) is 25.7 Å². The Morgan fingerprint density at radius 2 is 1.95 bits per heavy atom. The van der Waals surface area contributed by atoms with E-state index >= 15 is 0 Å². The zero-order chi connectivity index (χ0) is 14.7. The molecular formula is C17H20O4. The molecule has 1 aliphatic carbocycles. The zero-order valence-electron chi connectivity index (χ0n) is 12.0. The summed E-state index contributed by atoms with van der Waals surface area (Å²) < 4.78 is 10.6. The lowest BCUT2D eigenvalue weighted by Gasteiger charge is -2.15. The average Bonchev–Trinajstić information content (AvgIpc) is 3.07. The second-order valence-electron chi connectivity index (χ2n) is 6.07. The Labute approximate surface area is 124 Å². The van der Waals surface area contributed by atoms with Gasteiger partial charge in [-0.2, -0.15) is 0 Å². The van der Waals surface area contributed by atoms with Crippen molar-refractivity contribution in [3.63, 3.8) is 0 Å². The summed E-state index contributed by atoms with van der Waals surface area (Å²) in [5, 5.41) is 0. The molecule has 1 aliphatic heterocycles. The highest BCUT2D eigenvalue weighted by Crippen LogP contribution is 2.48. The van der Waals surface area contributed by atoms with Crippen molar-refractivity contribution >= 4 is 11.9 Å². The minimum absolute atomic E-state index is 0.110. The standard InChI is InChI=1S/C17H20O4/c18-15(20-12-13-6-2-1-3-7-13)10-14-11-17(16(19)21-14)8-4-5-9-17/h1-3,6-7,14H,4-5,8-12H2.